The molecule has 1 aliphatic rings. The van der Waals surface area contributed by atoms with E-state index in [9.17, 15) is 18.3 Å². The largest absolute Gasteiger partial charge is 0.480 e. The first-order chi connectivity index (χ1) is 9.88. The van der Waals surface area contributed by atoms with Gasteiger partial charge in [0.2, 0.25) is 0 Å². The van der Waals surface area contributed by atoms with E-state index >= 15 is 0 Å². The summed E-state index contributed by atoms with van der Waals surface area (Å²) in [6, 6.07) is 4.71. The number of carbonyl (C=O) groups is 1. The zero-order valence-electron chi connectivity index (χ0n) is 11.6. The van der Waals surface area contributed by atoms with E-state index in [1.54, 1.807) is 0 Å². The Balaban J connectivity index is 2.47. The maximum atomic E-state index is 12.7. The zero-order valence-corrected chi connectivity index (χ0v) is 13.2. The Labute approximate surface area is 127 Å². The summed E-state index contributed by atoms with van der Waals surface area (Å²) in [6.45, 7) is 2.04. The molecule has 1 unspecified atom stereocenters. The maximum absolute atomic E-state index is 12.7. The molecule has 0 amide bonds. The van der Waals surface area contributed by atoms with Crippen LogP contribution in [0.5, 0.6) is 0 Å². The Bertz CT molecular complexity index is 689. The molecule has 8 heteroatoms. The SMILES string of the molecule is CCCC1(C(=O)O)CCCN1S(=O)(=O)c1ccc(C#N)s1. The lowest BCUT2D eigenvalue weighted by molar-refractivity contribution is -0.147. The third-order valence-electron chi connectivity index (χ3n) is 3.73. The molecule has 0 bridgehead atoms. The molecule has 0 aliphatic carbocycles. The molecule has 0 saturated carbocycles. The van der Waals surface area contributed by atoms with Gasteiger partial charge < -0.3 is 5.11 Å². The molecule has 0 spiro atoms. The topological polar surface area (TPSA) is 98.5 Å². The molecule has 0 radical (unpaired) electrons. The Kier molecular flexibility index (Phi) is 4.37. The van der Waals surface area contributed by atoms with Gasteiger partial charge in [0.15, 0.2) is 0 Å². The molecule has 1 fully saturated rings. The maximum Gasteiger partial charge on any atom is 0.325 e. The molecule has 1 aliphatic heterocycles. The number of sulfonamides is 1. The van der Waals surface area contributed by atoms with Crippen LogP contribution in [0.15, 0.2) is 16.3 Å². The second-order valence-electron chi connectivity index (χ2n) is 5.00. The summed E-state index contributed by atoms with van der Waals surface area (Å²) in [6.07, 6.45) is 1.73. The number of nitriles is 1. The van der Waals surface area contributed by atoms with Crippen molar-refractivity contribution in [3.8, 4) is 6.07 Å². The molecule has 1 N–H and O–H groups in total. The van der Waals surface area contributed by atoms with Crippen LogP contribution in [0.3, 0.4) is 0 Å². The van der Waals surface area contributed by atoms with Gasteiger partial charge in [-0.3, -0.25) is 4.79 Å². The summed E-state index contributed by atoms with van der Waals surface area (Å²) in [7, 11) is -3.88. The second-order valence-corrected chi connectivity index (χ2v) is 8.17. The Morgan fingerprint density at radius 1 is 1.57 bits per heavy atom. The first kappa shape index (κ1) is 15.9. The zero-order chi connectivity index (χ0) is 15.7. The number of hydrogen-bond donors (Lipinski definition) is 1. The Hall–Kier alpha value is -1.43. The summed E-state index contributed by atoms with van der Waals surface area (Å²) in [5.74, 6) is -1.09. The van der Waals surface area contributed by atoms with Crippen LogP contribution in [0, 0.1) is 11.3 Å². The normalized spacial score (nSPS) is 23.0. The molecule has 1 aromatic rings. The fraction of sp³-hybridized carbons (Fsp3) is 0.538. The molecule has 2 heterocycles. The number of carboxylic acid groups (broad SMARTS) is 1. The van der Waals surface area contributed by atoms with Crippen LogP contribution in [-0.4, -0.2) is 35.9 Å². The summed E-state index contributed by atoms with van der Waals surface area (Å²) in [5.41, 5.74) is -1.36. The first-order valence-corrected chi connectivity index (χ1v) is 8.90. The van der Waals surface area contributed by atoms with Gasteiger partial charge >= 0.3 is 5.97 Å². The molecule has 1 atom stereocenters. The van der Waals surface area contributed by atoms with Crippen molar-refractivity contribution in [2.45, 2.75) is 42.4 Å². The molecule has 1 saturated heterocycles. The van der Waals surface area contributed by atoms with Crippen LogP contribution in [0.2, 0.25) is 0 Å². The van der Waals surface area contributed by atoms with Gasteiger partial charge in [-0.25, -0.2) is 8.42 Å². The minimum absolute atomic E-state index is 0.0303. The van der Waals surface area contributed by atoms with Gasteiger partial charge in [-0.15, -0.1) is 11.3 Å². The summed E-state index contributed by atoms with van der Waals surface area (Å²) >= 11 is 0.874. The molecule has 1 aromatic heterocycles. The van der Waals surface area contributed by atoms with Crippen LogP contribution < -0.4 is 0 Å². The number of hydrogen-bond acceptors (Lipinski definition) is 5. The monoisotopic (exact) mass is 328 g/mol. The van der Waals surface area contributed by atoms with E-state index in [1.807, 2.05) is 13.0 Å². The second kappa shape index (κ2) is 5.75. The van der Waals surface area contributed by atoms with E-state index in [2.05, 4.69) is 0 Å². The van der Waals surface area contributed by atoms with Crippen molar-refractivity contribution >= 4 is 27.3 Å². The lowest BCUT2D eigenvalue weighted by Gasteiger charge is -2.33. The van der Waals surface area contributed by atoms with Crippen molar-refractivity contribution in [1.82, 2.24) is 4.31 Å². The van der Waals surface area contributed by atoms with Crippen molar-refractivity contribution in [2.24, 2.45) is 0 Å². The van der Waals surface area contributed by atoms with Crippen molar-refractivity contribution in [2.75, 3.05) is 6.54 Å². The number of aliphatic carboxylic acids is 1. The number of carboxylic acids is 1. The number of nitrogens with zero attached hydrogens (tertiary/aromatic N) is 2. The minimum Gasteiger partial charge on any atom is -0.480 e. The van der Waals surface area contributed by atoms with Crippen LogP contribution in [0.1, 0.15) is 37.5 Å². The number of rotatable bonds is 5. The van der Waals surface area contributed by atoms with E-state index in [1.165, 1.54) is 12.1 Å². The third-order valence-corrected chi connectivity index (χ3v) is 7.15. The van der Waals surface area contributed by atoms with Crippen molar-refractivity contribution < 1.29 is 18.3 Å². The summed E-state index contributed by atoms with van der Waals surface area (Å²) < 4.78 is 26.6. The van der Waals surface area contributed by atoms with Gasteiger partial charge in [-0.1, -0.05) is 13.3 Å². The van der Waals surface area contributed by atoms with Gasteiger partial charge in [0.1, 0.15) is 20.7 Å². The van der Waals surface area contributed by atoms with E-state index in [0.29, 0.717) is 24.1 Å². The fourth-order valence-corrected chi connectivity index (χ4v) is 5.86. The van der Waals surface area contributed by atoms with E-state index in [-0.39, 0.29) is 17.2 Å². The van der Waals surface area contributed by atoms with Crippen LogP contribution >= 0.6 is 11.3 Å². The van der Waals surface area contributed by atoms with Crippen molar-refractivity contribution in [3.05, 3.63) is 17.0 Å². The van der Waals surface area contributed by atoms with Gasteiger partial charge in [0.05, 0.1) is 0 Å². The van der Waals surface area contributed by atoms with Crippen molar-refractivity contribution in [3.63, 3.8) is 0 Å². The quantitative estimate of drug-likeness (QED) is 0.891. The highest BCUT2D eigenvalue weighted by Gasteiger charge is 2.52. The predicted octanol–water partition coefficient (Wildman–Crippen LogP) is 2.03. The van der Waals surface area contributed by atoms with Gasteiger partial charge in [0, 0.05) is 6.54 Å². The van der Waals surface area contributed by atoms with Crippen LogP contribution in [0.25, 0.3) is 0 Å². The highest BCUT2D eigenvalue weighted by atomic mass is 32.2. The van der Waals surface area contributed by atoms with E-state index in [0.717, 1.165) is 15.6 Å². The molecular formula is C13H16N2O4S2. The van der Waals surface area contributed by atoms with Crippen LogP contribution in [-0.2, 0) is 14.8 Å². The van der Waals surface area contributed by atoms with Gasteiger partial charge in [-0.2, -0.15) is 9.57 Å². The Morgan fingerprint density at radius 2 is 2.29 bits per heavy atom. The molecule has 114 valence electrons. The van der Waals surface area contributed by atoms with E-state index in [4.69, 9.17) is 5.26 Å². The van der Waals surface area contributed by atoms with Gasteiger partial charge in [0.25, 0.3) is 10.0 Å². The number of thiophene rings is 1. The third kappa shape index (κ3) is 2.57. The summed E-state index contributed by atoms with van der Waals surface area (Å²) in [5, 5.41) is 18.4. The smallest absolute Gasteiger partial charge is 0.325 e. The lowest BCUT2D eigenvalue weighted by Crippen LogP contribution is -2.52. The Morgan fingerprint density at radius 3 is 2.81 bits per heavy atom. The standard InChI is InChI=1S/C13H16N2O4S2/c1-2-6-13(12(16)17)7-3-8-15(13)21(18,19)11-5-4-10(9-14)20-11/h4-5H,2-3,6-8H2,1H3,(H,16,17). The van der Waals surface area contributed by atoms with E-state index < -0.39 is 21.5 Å². The highest BCUT2D eigenvalue weighted by molar-refractivity contribution is 7.91. The molecule has 21 heavy (non-hydrogen) atoms. The molecule has 2 rings (SSSR count). The minimum atomic E-state index is -3.88. The molecule has 6 nitrogen and oxygen atoms in total. The van der Waals surface area contributed by atoms with Crippen LogP contribution in [0.4, 0.5) is 0 Å². The first-order valence-electron chi connectivity index (χ1n) is 6.64. The lowest BCUT2D eigenvalue weighted by atomic mass is 9.92. The van der Waals surface area contributed by atoms with Gasteiger partial charge in [-0.05, 0) is 31.4 Å². The average molecular weight is 328 g/mol. The highest BCUT2D eigenvalue weighted by Crippen LogP contribution is 2.39. The molecular weight excluding hydrogens is 312 g/mol. The van der Waals surface area contributed by atoms with Crippen molar-refractivity contribution in [1.29, 1.82) is 5.26 Å². The average Bonchev–Trinajstić information content (AvgIpc) is 3.06. The predicted molar refractivity (Wildman–Crippen MR) is 77.4 cm³/mol. The summed E-state index contributed by atoms with van der Waals surface area (Å²) in [4.78, 5) is 12.0. The molecule has 0 aromatic carbocycles. The fourth-order valence-electron chi connectivity index (χ4n) is 2.82.